The van der Waals surface area contributed by atoms with Crippen molar-refractivity contribution in [2.24, 2.45) is 10.7 Å². The molecule has 0 aromatic heterocycles. The largest absolute Gasteiger partial charge is 0.394 e. The summed E-state index contributed by atoms with van der Waals surface area (Å²) < 4.78 is 58.0. The van der Waals surface area contributed by atoms with Gasteiger partial charge in [-0.2, -0.15) is 8.42 Å². The fraction of sp³-hybridized carbons (Fsp3) is 0.133. The zero-order valence-corrected chi connectivity index (χ0v) is 15.4. The fourth-order valence-electron chi connectivity index (χ4n) is 1.71. The predicted octanol–water partition coefficient (Wildman–Crippen LogP) is 1.14. The normalized spacial score (nSPS) is 12.0. The first-order valence-electron chi connectivity index (χ1n) is 7.10. The van der Waals surface area contributed by atoms with E-state index in [0.717, 1.165) is 11.1 Å². The molecule has 0 aliphatic heterocycles. The van der Waals surface area contributed by atoms with Crippen molar-refractivity contribution in [1.82, 2.24) is 4.72 Å². The third-order valence-electron chi connectivity index (χ3n) is 2.85. The van der Waals surface area contributed by atoms with Crippen LogP contribution in [-0.4, -0.2) is 31.9 Å². The minimum Gasteiger partial charge on any atom is -0.369 e. The highest BCUT2D eigenvalue weighted by Gasteiger charge is 2.14. The lowest BCUT2D eigenvalue weighted by Gasteiger charge is -2.07. The number of nitrogens with zero attached hydrogens (tertiary/aromatic N) is 1. The maximum absolute atomic E-state index is 12.1. The second-order valence-corrected chi connectivity index (χ2v) is 7.63. The van der Waals surface area contributed by atoms with Crippen molar-refractivity contribution in [3.63, 3.8) is 0 Å². The van der Waals surface area contributed by atoms with Gasteiger partial charge in [0.05, 0.1) is 11.4 Å². The van der Waals surface area contributed by atoms with Crippen molar-refractivity contribution in [2.75, 3.05) is 0 Å². The molecule has 2 rings (SSSR count). The van der Waals surface area contributed by atoms with Gasteiger partial charge >= 0.3 is 10.4 Å². The van der Waals surface area contributed by atoms with E-state index in [-0.39, 0.29) is 10.9 Å². The molecule has 0 saturated carbocycles. The molecular weight excluding hydrogens is 382 g/mol. The van der Waals surface area contributed by atoms with Gasteiger partial charge in [-0.15, -0.1) is 0 Å². The van der Waals surface area contributed by atoms with Crippen molar-refractivity contribution < 1.29 is 25.9 Å². The molecule has 0 saturated heterocycles. The van der Waals surface area contributed by atoms with Gasteiger partial charge in [-0.25, -0.2) is 18.1 Å². The Hall–Kier alpha value is -2.47. The molecule has 0 radical (unpaired) electrons. The maximum Gasteiger partial charge on any atom is 0.394 e. The van der Waals surface area contributed by atoms with E-state index in [1.807, 2.05) is 37.3 Å². The van der Waals surface area contributed by atoms with Crippen LogP contribution >= 0.6 is 0 Å². The summed E-state index contributed by atoms with van der Waals surface area (Å²) >= 11 is 0. The van der Waals surface area contributed by atoms with Gasteiger partial charge in [-0.1, -0.05) is 48.0 Å². The number of benzene rings is 2. The van der Waals surface area contributed by atoms with E-state index >= 15 is 0 Å². The van der Waals surface area contributed by atoms with Crippen LogP contribution < -0.4 is 10.5 Å². The second-order valence-electron chi connectivity index (χ2n) is 5.05. The Balaban J connectivity index is 0.000000597. The minimum atomic E-state index is -4.67. The summed E-state index contributed by atoms with van der Waals surface area (Å²) in [6.07, 6.45) is 0. The molecule has 0 aliphatic carbocycles. The van der Waals surface area contributed by atoms with E-state index in [9.17, 15) is 8.42 Å². The number of aliphatic imine (C=N–C) groups is 1. The van der Waals surface area contributed by atoms with Gasteiger partial charge in [0.15, 0.2) is 0 Å². The molecule has 0 spiro atoms. The van der Waals surface area contributed by atoms with E-state index < -0.39 is 20.4 Å². The third-order valence-corrected chi connectivity index (χ3v) is 4.22. The van der Waals surface area contributed by atoms with Crippen molar-refractivity contribution in [2.45, 2.75) is 18.4 Å². The molecule has 0 fully saturated rings. The summed E-state index contributed by atoms with van der Waals surface area (Å²) in [4.78, 5) is 4.19. The third kappa shape index (κ3) is 9.13. The molecule has 5 N–H and O–H groups in total. The number of nitrogens with one attached hydrogen (secondary N) is 1. The summed E-state index contributed by atoms with van der Waals surface area (Å²) in [5, 5.41) is 0. The van der Waals surface area contributed by atoms with Crippen LogP contribution in [0.5, 0.6) is 0 Å². The highest BCUT2D eigenvalue weighted by molar-refractivity contribution is 7.90. The van der Waals surface area contributed by atoms with Gasteiger partial charge in [0, 0.05) is 0 Å². The molecule has 142 valence electrons. The van der Waals surface area contributed by atoms with Crippen LogP contribution in [0.3, 0.4) is 0 Å². The van der Waals surface area contributed by atoms with Crippen LogP contribution in [0.1, 0.15) is 11.1 Å². The predicted molar refractivity (Wildman–Crippen MR) is 97.4 cm³/mol. The van der Waals surface area contributed by atoms with Gasteiger partial charge in [-0.05, 0) is 24.6 Å². The summed E-state index contributed by atoms with van der Waals surface area (Å²) in [7, 11) is -8.35. The molecule has 0 aliphatic rings. The molecule has 0 amide bonds. The van der Waals surface area contributed by atoms with E-state index in [4.69, 9.17) is 23.3 Å². The molecule has 11 heteroatoms. The van der Waals surface area contributed by atoms with Gasteiger partial charge in [0.25, 0.3) is 10.0 Å². The number of sulfonamides is 1. The number of guanidine groups is 1. The summed E-state index contributed by atoms with van der Waals surface area (Å²) in [6.45, 7) is 2.21. The Morgan fingerprint density at radius 1 is 1.00 bits per heavy atom. The van der Waals surface area contributed by atoms with E-state index in [1.54, 1.807) is 12.1 Å². The first kappa shape index (κ1) is 21.6. The number of nitrogens with two attached hydrogens (primary N) is 1. The number of aryl methyl sites for hydroxylation is 1. The molecule has 9 nitrogen and oxygen atoms in total. The molecular formula is C15H19N3O6S2. The van der Waals surface area contributed by atoms with Crippen molar-refractivity contribution in [1.29, 1.82) is 0 Å². The topological polar surface area (TPSA) is 159 Å². The van der Waals surface area contributed by atoms with Gasteiger partial charge in [0.1, 0.15) is 0 Å². The molecule has 0 unspecified atom stereocenters. The van der Waals surface area contributed by atoms with Crippen molar-refractivity contribution in [3.05, 3.63) is 65.7 Å². The highest BCUT2D eigenvalue weighted by Crippen LogP contribution is 2.09. The smallest absolute Gasteiger partial charge is 0.369 e. The summed E-state index contributed by atoms with van der Waals surface area (Å²) in [5.41, 5.74) is 7.57. The Morgan fingerprint density at radius 3 is 2.00 bits per heavy atom. The zero-order valence-electron chi connectivity index (χ0n) is 13.8. The molecule has 0 heterocycles. The first-order valence-corrected chi connectivity index (χ1v) is 9.98. The van der Waals surface area contributed by atoms with E-state index in [0.29, 0.717) is 6.54 Å². The number of hydrogen-bond donors (Lipinski definition) is 4. The minimum absolute atomic E-state index is 0.126. The lowest BCUT2D eigenvalue weighted by atomic mass is 10.2. The quantitative estimate of drug-likeness (QED) is 0.339. The van der Waals surface area contributed by atoms with Crippen molar-refractivity contribution >= 4 is 26.4 Å². The van der Waals surface area contributed by atoms with E-state index in [1.165, 1.54) is 12.1 Å². The zero-order chi connectivity index (χ0) is 19.8. The summed E-state index contributed by atoms with van der Waals surface area (Å²) in [6, 6.07) is 16.0. The van der Waals surface area contributed by atoms with Crippen molar-refractivity contribution in [3.8, 4) is 0 Å². The van der Waals surface area contributed by atoms with Crippen LogP contribution in [0, 0.1) is 6.92 Å². The first-order chi connectivity index (χ1) is 12.0. The average Bonchev–Trinajstić information content (AvgIpc) is 2.52. The summed E-state index contributed by atoms with van der Waals surface area (Å²) in [5.74, 6) is -0.126. The Kier molecular flexibility index (Phi) is 7.71. The standard InChI is InChI=1S/C15H17N3O2S.H2O4S/c1-12-7-9-14(10-8-12)21(19,20)18-15(16)17-11-13-5-3-2-4-6-13;1-5(2,3)4/h2-10H,11H2,1H3,(H3,16,17,18);(H2,1,2,3,4). The number of hydrogen-bond acceptors (Lipinski definition) is 5. The van der Waals surface area contributed by atoms with Gasteiger partial charge in [-0.3, -0.25) is 9.11 Å². The SMILES string of the molecule is Cc1ccc(S(=O)(=O)NC(N)=NCc2ccccc2)cc1.O=S(=O)(O)O. The molecule has 0 bridgehead atoms. The van der Waals surface area contributed by atoms with Crippen LogP contribution in [0.4, 0.5) is 0 Å². The molecule has 2 aromatic rings. The van der Waals surface area contributed by atoms with Crippen LogP contribution in [0.15, 0.2) is 64.5 Å². The van der Waals surface area contributed by atoms with Gasteiger partial charge < -0.3 is 5.73 Å². The lowest BCUT2D eigenvalue weighted by Crippen LogP contribution is -2.36. The Bertz CT molecular complexity index is 933. The Morgan fingerprint density at radius 2 is 1.50 bits per heavy atom. The fourth-order valence-corrected chi connectivity index (χ4v) is 2.66. The highest BCUT2D eigenvalue weighted by atomic mass is 32.3. The number of rotatable bonds is 4. The van der Waals surface area contributed by atoms with Crippen LogP contribution in [0.25, 0.3) is 0 Å². The lowest BCUT2D eigenvalue weighted by molar-refractivity contribution is 0.381. The van der Waals surface area contributed by atoms with Gasteiger partial charge in [0.2, 0.25) is 5.96 Å². The Labute approximate surface area is 152 Å². The molecule has 2 aromatic carbocycles. The maximum atomic E-state index is 12.1. The molecule has 26 heavy (non-hydrogen) atoms. The van der Waals surface area contributed by atoms with E-state index in [2.05, 4.69) is 9.71 Å². The average molecular weight is 401 g/mol. The van der Waals surface area contributed by atoms with Crippen LogP contribution in [-0.2, 0) is 27.0 Å². The molecule has 0 atom stereocenters. The second kappa shape index (κ2) is 9.29. The monoisotopic (exact) mass is 401 g/mol. The van der Waals surface area contributed by atoms with Crippen LogP contribution in [0.2, 0.25) is 0 Å².